The number of carbonyl (C=O) groups is 1. The Morgan fingerprint density at radius 2 is 1.33 bits per heavy atom. The molecular formula is C25H45NO. The minimum atomic E-state index is 0.101. The highest BCUT2D eigenvalue weighted by molar-refractivity contribution is 5.91. The molecule has 0 radical (unpaired) electrons. The predicted molar refractivity (Wildman–Crippen MR) is 117 cm³/mol. The number of hydrogen-bond acceptors (Lipinski definition) is 1. The summed E-state index contributed by atoms with van der Waals surface area (Å²) in [4.78, 5) is 13.7. The maximum Gasteiger partial charge on any atom is 0.248 e. The van der Waals surface area contributed by atoms with Gasteiger partial charge in [0.15, 0.2) is 0 Å². The number of nitrogens with zero attached hydrogens (tertiary/aromatic N) is 1. The van der Waals surface area contributed by atoms with Crippen molar-refractivity contribution in [1.82, 2.24) is 4.90 Å². The Kier molecular flexibility index (Phi) is 9.93. The number of hydrogen-bond donors (Lipinski definition) is 0. The zero-order valence-corrected chi connectivity index (χ0v) is 18.5. The first-order chi connectivity index (χ1) is 13.0. The Labute approximate surface area is 169 Å². The van der Waals surface area contributed by atoms with Gasteiger partial charge in [-0.2, -0.15) is 0 Å². The first-order valence-electron chi connectivity index (χ1n) is 11.9. The van der Waals surface area contributed by atoms with Crippen LogP contribution in [0.3, 0.4) is 0 Å². The molecule has 0 spiro atoms. The molecule has 0 atom stereocenters. The third-order valence-corrected chi connectivity index (χ3v) is 7.48. The van der Waals surface area contributed by atoms with Crippen molar-refractivity contribution >= 4 is 5.91 Å². The summed E-state index contributed by atoms with van der Waals surface area (Å²) >= 11 is 0. The minimum Gasteiger partial charge on any atom is -0.342 e. The van der Waals surface area contributed by atoms with Crippen LogP contribution in [0.25, 0.3) is 0 Å². The molecule has 0 aromatic rings. The first kappa shape index (κ1) is 22.5. The van der Waals surface area contributed by atoms with Gasteiger partial charge in [0.1, 0.15) is 0 Å². The van der Waals surface area contributed by atoms with Gasteiger partial charge >= 0.3 is 0 Å². The fourth-order valence-corrected chi connectivity index (χ4v) is 5.62. The molecule has 0 aromatic carbocycles. The van der Waals surface area contributed by atoms with E-state index < -0.39 is 0 Å². The van der Waals surface area contributed by atoms with Crippen LogP contribution in [0.5, 0.6) is 0 Å². The topological polar surface area (TPSA) is 20.3 Å². The third-order valence-electron chi connectivity index (χ3n) is 7.48. The van der Waals surface area contributed by atoms with Crippen molar-refractivity contribution in [1.29, 1.82) is 0 Å². The molecule has 0 heterocycles. The second-order valence-electron chi connectivity index (χ2n) is 9.71. The maximum atomic E-state index is 11.9. The molecule has 0 bridgehead atoms. The van der Waals surface area contributed by atoms with E-state index in [0.29, 0.717) is 5.57 Å². The lowest BCUT2D eigenvalue weighted by Gasteiger charge is -2.38. The summed E-state index contributed by atoms with van der Waals surface area (Å²) in [6.45, 7) is 8.76. The lowest BCUT2D eigenvalue weighted by atomic mass is 9.68. The summed E-state index contributed by atoms with van der Waals surface area (Å²) in [5.41, 5.74) is 0.651. The molecule has 2 nitrogen and oxygen atoms in total. The van der Waals surface area contributed by atoms with Gasteiger partial charge in [-0.25, -0.2) is 0 Å². The molecular weight excluding hydrogens is 330 g/mol. The normalized spacial score (nSPS) is 28.7. The lowest BCUT2D eigenvalue weighted by molar-refractivity contribution is -0.125. The van der Waals surface area contributed by atoms with Gasteiger partial charge in [-0.15, -0.1) is 0 Å². The molecule has 2 aliphatic rings. The molecule has 2 heteroatoms. The summed E-state index contributed by atoms with van der Waals surface area (Å²) in [5.74, 6) is 4.10. The maximum absolute atomic E-state index is 11.9. The Morgan fingerprint density at radius 1 is 0.852 bits per heavy atom. The molecule has 2 rings (SSSR count). The minimum absolute atomic E-state index is 0.101. The van der Waals surface area contributed by atoms with Crippen LogP contribution in [0.1, 0.15) is 104 Å². The van der Waals surface area contributed by atoms with Crippen LogP contribution < -0.4 is 0 Å². The largest absolute Gasteiger partial charge is 0.342 e. The van der Waals surface area contributed by atoms with E-state index in [1.165, 1.54) is 83.5 Å². The summed E-state index contributed by atoms with van der Waals surface area (Å²) in [5, 5.41) is 0. The Balaban J connectivity index is 1.58. The molecule has 0 saturated heterocycles. The second-order valence-corrected chi connectivity index (χ2v) is 9.71. The standard InChI is InChI=1S/C25H45NO/c1-5-6-7-9-21-11-15-23(16-12-21)24-17-13-22(14-18-24)10-8-19-26(4)25(27)20(2)3/h21-24H,2,5-19H2,1,3-4H3. The molecule has 156 valence electrons. The van der Waals surface area contributed by atoms with Crippen LogP contribution >= 0.6 is 0 Å². The summed E-state index contributed by atoms with van der Waals surface area (Å²) in [6, 6.07) is 0. The van der Waals surface area contributed by atoms with Gasteiger partial charge in [0.25, 0.3) is 0 Å². The number of unbranched alkanes of at least 4 members (excludes halogenated alkanes) is 2. The average molecular weight is 376 g/mol. The molecule has 2 aliphatic carbocycles. The highest BCUT2D eigenvalue weighted by Gasteiger charge is 2.30. The van der Waals surface area contributed by atoms with Crippen molar-refractivity contribution in [2.24, 2.45) is 23.7 Å². The van der Waals surface area contributed by atoms with Crippen molar-refractivity contribution in [3.8, 4) is 0 Å². The molecule has 0 N–H and O–H groups in total. The molecule has 2 fully saturated rings. The predicted octanol–water partition coefficient (Wildman–Crippen LogP) is 6.99. The SMILES string of the molecule is C=C(C)C(=O)N(C)CCCC1CCC(C2CCC(CCCCC)CC2)CC1. The van der Waals surface area contributed by atoms with Gasteiger partial charge in [-0.3, -0.25) is 4.79 Å². The average Bonchev–Trinajstić information content (AvgIpc) is 2.68. The third kappa shape index (κ3) is 7.62. The van der Waals surface area contributed by atoms with Crippen LogP contribution in [-0.2, 0) is 4.79 Å². The zero-order valence-electron chi connectivity index (χ0n) is 18.5. The van der Waals surface area contributed by atoms with E-state index in [2.05, 4.69) is 13.5 Å². The van der Waals surface area contributed by atoms with Crippen LogP contribution in [0.2, 0.25) is 0 Å². The van der Waals surface area contributed by atoms with Crippen molar-refractivity contribution in [3.63, 3.8) is 0 Å². The van der Waals surface area contributed by atoms with E-state index >= 15 is 0 Å². The van der Waals surface area contributed by atoms with Crippen molar-refractivity contribution in [2.75, 3.05) is 13.6 Å². The van der Waals surface area contributed by atoms with Crippen molar-refractivity contribution < 1.29 is 4.79 Å². The molecule has 0 unspecified atom stereocenters. The Morgan fingerprint density at radius 3 is 1.78 bits per heavy atom. The van der Waals surface area contributed by atoms with Gasteiger partial charge < -0.3 is 4.90 Å². The molecule has 2 saturated carbocycles. The summed E-state index contributed by atoms with van der Waals surface area (Å²) in [7, 11) is 1.91. The first-order valence-corrected chi connectivity index (χ1v) is 11.9. The quantitative estimate of drug-likeness (QED) is 0.297. The fourth-order valence-electron chi connectivity index (χ4n) is 5.62. The van der Waals surface area contributed by atoms with Gasteiger partial charge in [0, 0.05) is 19.2 Å². The van der Waals surface area contributed by atoms with Crippen molar-refractivity contribution in [2.45, 2.75) is 104 Å². The van der Waals surface area contributed by atoms with Gasteiger partial charge in [0.05, 0.1) is 0 Å². The number of likely N-dealkylation sites (N-methyl/N-ethyl adjacent to an activating group) is 1. The van der Waals surface area contributed by atoms with Crippen LogP contribution in [0.15, 0.2) is 12.2 Å². The summed E-state index contributed by atoms with van der Waals surface area (Å²) in [6.07, 6.45) is 20.0. The van der Waals surface area contributed by atoms with Crippen LogP contribution in [0, 0.1) is 23.7 Å². The van der Waals surface area contributed by atoms with Gasteiger partial charge in [-0.1, -0.05) is 64.9 Å². The second kappa shape index (κ2) is 11.9. The van der Waals surface area contributed by atoms with Crippen LogP contribution in [0.4, 0.5) is 0 Å². The van der Waals surface area contributed by atoms with Crippen molar-refractivity contribution in [3.05, 3.63) is 12.2 Å². The van der Waals surface area contributed by atoms with Crippen LogP contribution in [-0.4, -0.2) is 24.4 Å². The Bertz CT molecular complexity index is 441. The van der Waals surface area contributed by atoms with E-state index in [1.807, 2.05) is 11.9 Å². The monoisotopic (exact) mass is 375 g/mol. The lowest BCUT2D eigenvalue weighted by Crippen LogP contribution is -2.29. The van der Waals surface area contributed by atoms with E-state index in [0.717, 1.165) is 36.6 Å². The number of carbonyl (C=O) groups excluding carboxylic acids is 1. The molecule has 0 aromatic heterocycles. The van der Waals surface area contributed by atoms with E-state index in [4.69, 9.17) is 0 Å². The molecule has 27 heavy (non-hydrogen) atoms. The van der Waals surface area contributed by atoms with Gasteiger partial charge in [-0.05, 0) is 69.1 Å². The Hall–Kier alpha value is -0.790. The van der Waals surface area contributed by atoms with Gasteiger partial charge in [0.2, 0.25) is 5.91 Å². The number of amides is 1. The van der Waals surface area contributed by atoms with E-state index in [9.17, 15) is 4.79 Å². The smallest absolute Gasteiger partial charge is 0.248 e. The number of rotatable bonds is 10. The fraction of sp³-hybridized carbons (Fsp3) is 0.880. The van der Waals surface area contributed by atoms with E-state index in [-0.39, 0.29) is 5.91 Å². The highest BCUT2D eigenvalue weighted by atomic mass is 16.2. The zero-order chi connectivity index (χ0) is 19.6. The molecule has 0 aliphatic heterocycles. The van der Waals surface area contributed by atoms with E-state index in [1.54, 1.807) is 6.92 Å². The molecule has 1 amide bonds. The summed E-state index contributed by atoms with van der Waals surface area (Å²) < 4.78 is 0. The highest BCUT2D eigenvalue weighted by Crippen LogP contribution is 2.43.